The van der Waals surface area contributed by atoms with Gasteiger partial charge in [0.05, 0.1) is 17.1 Å². The Morgan fingerprint density at radius 1 is 1.02 bits per heavy atom. The molecule has 42 heavy (non-hydrogen) atoms. The first-order valence-electron chi connectivity index (χ1n) is 14.2. The Labute approximate surface area is 245 Å². The van der Waals surface area contributed by atoms with Gasteiger partial charge in [0, 0.05) is 40.3 Å². The number of aromatic amines is 2. The van der Waals surface area contributed by atoms with Crippen molar-refractivity contribution in [2.75, 3.05) is 16.6 Å². The summed E-state index contributed by atoms with van der Waals surface area (Å²) in [4.78, 5) is 28.3. The van der Waals surface area contributed by atoms with Crippen LogP contribution in [0, 0.1) is 11.3 Å². The van der Waals surface area contributed by atoms with Crippen molar-refractivity contribution in [2.45, 2.75) is 64.2 Å². The highest BCUT2D eigenvalue weighted by Gasteiger charge is 2.31. The third-order valence-electron chi connectivity index (χ3n) is 8.02. The second-order valence-corrected chi connectivity index (χ2v) is 13.6. The molecular formula is C31H37N5O5S. The second-order valence-electron chi connectivity index (χ2n) is 11.9. The topological polar surface area (TPSA) is 146 Å². The van der Waals surface area contributed by atoms with Gasteiger partial charge in [-0.05, 0) is 86.4 Å². The van der Waals surface area contributed by atoms with E-state index in [0.29, 0.717) is 46.6 Å². The van der Waals surface area contributed by atoms with Gasteiger partial charge in [-0.2, -0.15) is 5.10 Å². The maximum atomic E-state index is 13.4. The first-order chi connectivity index (χ1) is 19.9. The summed E-state index contributed by atoms with van der Waals surface area (Å²) in [6.45, 7) is 9.23. The molecule has 11 heteroatoms. The van der Waals surface area contributed by atoms with Gasteiger partial charge in [0.2, 0.25) is 5.56 Å². The molecular weight excluding hydrogens is 554 g/mol. The van der Waals surface area contributed by atoms with Gasteiger partial charge in [0.15, 0.2) is 5.82 Å². The number of benzene rings is 2. The molecule has 2 heterocycles. The summed E-state index contributed by atoms with van der Waals surface area (Å²) in [5.41, 5.74) is 1.53. The van der Waals surface area contributed by atoms with Gasteiger partial charge in [-0.25, -0.2) is 8.42 Å². The molecule has 0 saturated heterocycles. The first kappa shape index (κ1) is 29.4. The Balaban J connectivity index is 1.35. The van der Waals surface area contributed by atoms with Crippen LogP contribution in [-0.4, -0.2) is 36.1 Å². The largest absolute Gasteiger partial charge is 0.494 e. The number of aromatic nitrogens is 3. The minimum atomic E-state index is -4.00. The highest BCUT2D eigenvalue weighted by Crippen LogP contribution is 2.43. The standard InChI is InChI=1S/C31H37N5O5S/c1-5-41-22-12-10-21(11-13-22)36-42(39,40)23-14-15-26-24(16-23)25(17-29(37)32-26)30(38)33-28-18-27(34-35-28)19-6-8-20(9-7-19)31(2,3)4/h10-20,36H,5-9H2,1-4H3,(H,32,37)(H2,33,34,35,38). The lowest BCUT2D eigenvalue weighted by Crippen LogP contribution is -2.25. The van der Waals surface area contributed by atoms with Gasteiger partial charge < -0.3 is 15.0 Å². The SMILES string of the molecule is CCOc1ccc(NS(=O)(=O)c2ccc3[nH]c(=O)cc(C(=O)Nc4cc(C5CCC(C(C)(C)C)CC5)[nH]n4)c3c2)cc1. The minimum Gasteiger partial charge on any atom is -0.494 e. The zero-order valence-electron chi connectivity index (χ0n) is 24.3. The van der Waals surface area contributed by atoms with E-state index in [9.17, 15) is 18.0 Å². The minimum absolute atomic E-state index is 0.0436. The number of hydrogen-bond acceptors (Lipinski definition) is 6. The summed E-state index contributed by atoms with van der Waals surface area (Å²) in [6, 6.07) is 13.8. The lowest BCUT2D eigenvalue weighted by Gasteiger charge is -2.36. The summed E-state index contributed by atoms with van der Waals surface area (Å²) in [7, 11) is -4.00. The van der Waals surface area contributed by atoms with Crippen LogP contribution in [0.2, 0.25) is 0 Å². The van der Waals surface area contributed by atoms with E-state index in [1.807, 2.05) is 13.0 Å². The monoisotopic (exact) mass is 591 g/mol. The molecule has 0 bridgehead atoms. The van der Waals surface area contributed by atoms with E-state index < -0.39 is 21.5 Å². The summed E-state index contributed by atoms with van der Waals surface area (Å²) in [6.07, 6.45) is 4.40. The predicted octanol–water partition coefficient (Wildman–Crippen LogP) is 6.02. The van der Waals surface area contributed by atoms with Crippen LogP contribution in [0.25, 0.3) is 10.9 Å². The third kappa shape index (κ3) is 6.51. The summed E-state index contributed by atoms with van der Waals surface area (Å²) in [5.74, 6) is 1.45. The lowest BCUT2D eigenvalue weighted by molar-refractivity contribution is 0.102. The molecule has 0 aliphatic heterocycles. The summed E-state index contributed by atoms with van der Waals surface area (Å²) >= 11 is 0. The molecule has 5 rings (SSSR count). The molecule has 2 aromatic carbocycles. The molecule has 0 radical (unpaired) electrons. The van der Waals surface area contributed by atoms with Crippen molar-refractivity contribution in [2.24, 2.45) is 11.3 Å². The Morgan fingerprint density at radius 2 is 1.74 bits per heavy atom. The molecule has 2 aromatic heterocycles. The number of carbonyl (C=O) groups is 1. The normalized spacial score (nSPS) is 17.6. The molecule has 1 amide bonds. The van der Waals surface area contributed by atoms with Gasteiger partial charge in [-0.15, -0.1) is 0 Å². The van der Waals surface area contributed by atoms with Crippen LogP contribution >= 0.6 is 0 Å². The molecule has 10 nitrogen and oxygen atoms in total. The number of ether oxygens (including phenoxy) is 1. The number of fused-ring (bicyclic) bond motifs is 1. The fourth-order valence-electron chi connectivity index (χ4n) is 5.65. The van der Waals surface area contributed by atoms with Crippen molar-refractivity contribution >= 4 is 38.3 Å². The van der Waals surface area contributed by atoms with Gasteiger partial charge in [0.1, 0.15) is 5.75 Å². The lowest BCUT2D eigenvalue weighted by atomic mass is 9.69. The molecule has 4 N–H and O–H groups in total. The van der Waals surface area contributed by atoms with E-state index in [0.717, 1.165) is 37.4 Å². The van der Waals surface area contributed by atoms with Crippen molar-refractivity contribution in [3.63, 3.8) is 0 Å². The highest BCUT2D eigenvalue weighted by atomic mass is 32.2. The molecule has 222 valence electrons. The third-order valence-corrected chi connectivity index (χ3v) is 9.40. The first-order valence-corrected chi connectivity index (χ1v) is 15.7. The Morgan fingerprint density at radius 3 is 2.40 bits per heavy atom. The van der Waals surface area contributed by atoms with Crippen LogP contribution < -0.4 is 20.3 Å². The molecule has 0 atom stereocenters. The molecule has 1 aliphatic carbocycles. The maximum absolute atomic E-state index is 13.4. The van der Waals surface area contributed by atoms with Crippen molar-refractivity contribution in [3.05, 3.63) is 76.2 Å². The van der Waals surface area contributed by atoms with Crippen LogP contribution in [0.4, 0.5) is 11.5 Å². The number of hydrogen-bond donors (Lipinski definition) is 4. The second kappa shape index (κ2) is 11.6. The van der Waals surface area contributed by atoms with Crippen LogP contribution in [-0.2, 0) is 10.0 Å². The molecule has 0 spiro atoms. The summed E-state index contributed by atoms with van der Waals surface area (Å²) < 4.78 is 34.3. The van der Waals surface area contributed by atoms with Crippen molar-refractivity contribution in [3.8, 4) is 5.75 Å². The van der Waals surface area contributed by atoms with Crippen LogP contribution in [0.5, 0.6) is 5.75 Å². The zero-order valence-corrected chi connectivity index (χ0v) is 25.1. The number of carbonyl (C=O) groups excluding carboxylic acids is 1. The van der Waals surface area contributed by atoms with Crippen LogP contribution in [0.3, 0.4) is 0 Å². The van der Waals surface area contributed by atoms with Gasteiger partial charge in [-0.3, -0.25) is 19.4 Å². The molecule has 1 saturated carbocycles. The highest BCUT2D eigenvalue weighted by molar-refractivity contribution is 7.92. The van der Waals surface area contributed by atoms with Crippen molar-refractivity contribution in [1.82, 2.24) is 15.2 Å². The number of sulfonamides is 1. The fourth-order valence-corrected chi connectivity index (χ4v) is 6.74. The van der Waals surface area contributed by atoms with Crippen molar-refractivity contribution < 1.29 is 17.9 Å². The fraction of sp³-hybridized carbons (Fsp3) is 0.387. The Bertz CT molecular complexity index is 1750. The Kier molecular flexibility index (Phi) is 8.14. The van der Waals surface area contributed by atoms with Gasteiger partial charge >= 0.3 is 0 Å². The number of nitrogens with zero attached hydrogens (tertiary/aromatic N) is 1. The molecule has 1 aliphatic rings. The maximum Gasteiger partial charge on any atom is 0.261 e. The number of H-pyrrole nitrogens is 2. The van der Waals surface area contributed by atoms with Crippen LogP contribution in [0.15, 0.2) is 64.3 Å². The van der Waals surface area contributed by atoms with E-state index in [1.165, 1.54) is 18.2 Å². The number of pyridine rings is 1. The van der Waals surface area contributed by atoms with E-state index in [2.05, 4.69) is 46.0 Å². The number of anilines is 2. The van der Waals surface area contributed by atoms with Crippen LogP contribution in [0.1, 0.15) is 75.3 Å². The van der Waals surface area contributed by atoms with Crippen molar-refractivity contribution in [1.29, 1.82) is 0 Å². The summed E-state index contributed by atoms with van der Waals surface area (Å²) in [5, 5.41) is 10.4. The number of nitrogens with one attached hydrogen (secondary N) is 4. The molecule has 0 unspecified atom stereocenters. The average molecular weight is 592 g/mol. The Hall–Kier alpha value is -4.12. The quantitative estimate of drug-likeness (QED) is 0.197. The van der Waals surface area contributed by atoms with Gasteiger partial charge in [0.25, 0.3) is 15.9 Å². The van der Waals surface area contributed by atoms with E-state index >= 15 is 0 Å². The average Bonchev–Trinajstić information content (AvgIpc) is 3.41. The number of amides is 1. The predicted molar refractivity (Wildman–Crippen MR) is 164 cm³/mol. The van der Waals surface area contributed by atoms with E-state index in [-0.39, 0.29) is 15.8 Å². The molecule has 1 fully saturated rings. The number of rotatable bonds is 8. The zero-order chi connectivity index (χ0) is 30.1. The van der Waals surface area contributed by atoms with E-state index in [4.69, 9.17) is 4.74 Å². The smallest absolute Gasteiger partial charge is 0.261 e. The van der Waals surface area contributed by atoms with Gasteiger partial charge in [-0.1, -0.05) is 20.8 Å². The van der Waals surface area contributed by atoms with E-state index in [1.54, 1.807) is 24.3 Å². The molecule has 4 aromatic rings.